The van der Waals surface area contributed by atoms with Crippen molar-refractivity contribution < 1.29 is 19.5 Å². The number of hydrogen-bond donors (Lipinski definition) is 3. The predicted octanol–water partition coefficient (Wildman–Crippen LogP) is 1.96. The molecule has 1 unspecified atom stereocenters. The van der Waals surface area contributed by atoms with Crippen LogP contribution in [0.3, 0.4) is 0 Å². The Bertz CT molecular complexity index is 616. The van der Waals surface area contributed by atoms with E-state index in [0.717, 1.165) is 4.90 Å². The van der Waals surface area contributed by atoms with Gasteiger partial charge in [0.2, 0.25) is 5.91 Å². The molecule has 1 aromatic rings. The van der Waals surface area contributed by atoms with Crippen LogP contribution in [0.2, 0.25) is 0 Å². The van der Waals surface area contributed by atoms with Gasteiger partial charge in [-0.3, -0.25) is 9.59 Å². The van der Waals surface area contributed by atoms with Gasteiger partial charge in [-0.1, -0.05) is 13.8 Å². The van der Waals surface area contributed by atoms with Crippen LogP contribution in [0.4, 0.5) is 5.69 Å². The summed E-state index contributed by atoms with van der Waals surface area (Å²) >= 11 is 1.41. The second-order valence-corrected chi connectivity index (χ2v) is 6.56. The molecule has 1 heterocycles. The van der Waals surface area contributed by atoms with E-state index in [1.807, 2.05) is 13.8 Å². The average Bonchev–Trinajstić information content (AvgIpc) is 2.45. The minimum atomic E-state index is -1.05. The highest BCUT2D eigenvalue weighted by molar-refractivity contribution is 8.00. The van der Waals surface area contributed by atoms with Crippen molar-refractivity contribution in [1.82, 2.24) is 5.32 Å². The number of rotatable bonds is 5. The minimum Gasteiger partial charge on any atom is -0.480 e. The third-order valence-electron chi connectivity index (χ3n) is 3.19. The molecule has 22 heavy (non-hydrogen) atoms. The molecule has 0 radical (unpaired) electrons. The first-order valence-corrected chi connectivity index (χ1v) is 7.95. The second-order valence-electron chi connectivity index (χ2n) is 5.54. The predicted molar refractivity (Wildman–Crippen MR) is 84.1 cm³/mol. The molecular formula is C15H18N2O4S. The van der Waals surface area contributed by atoms with Crippen LogP contribution in [0.25, 0.3) is 0 Å². The zero-order valence-corrected chi connectivity index (χ0v) is 13.2. The topological polar surface area (TPSA) is 95.5 Å². The number of aliphatic carboxylic acids is 1. The highest BCUT2D eigenvalue weighted by Crippen LogP contribution is 2.31. The van der Waals surface area contributed by atoms with E-state index in [1.165, 1.54) is 11.8 Å². The van der Waals surface area contributed by atoms with Crippen LogP contribution in [0.15, 0.2) is 23.1 Å². The molecule has 7 heteroatoms. The van der Waals surface area contributed by atoms with E-state index >= 15 is 0 Å². The Labute approximate surface area is 132 Å². The normalized spacial score (nSPS) is 15.0. The average molecular weight is 322 g/mol. The maximum absolute atomic E-state index is 12.2. The third kappa shape index (κ3) is 4.00. The Morgan fingerprint density at radius 1 is 1.41 bits per heavy atom. The van der Waals surface area contributed by atoms with Gasteiger partial charge in [-0.15, -0.1) is 11.8 Å². The van der Waals surface area contributed by atoms with Gasteiger partial charge in [0.05, 0.1) is 11.4 Å². The number of fused-ring (bicyclic) bond motifs is 1. The third-order valence-corrected chi connectivity index (χ3v) is 4.26. The van der Waals surface area contributed by atoms with Gasteiger partial charge in [-0.05, 0) is 30.5 Å². The summed E-state index contributed by atoms with van der Waals surface area (Å²) in [6.07, 6.45) is 0.360. The molecule has 118 valence electrons. The maximum Gasteiger partial charge on any atom is 0.326 e. The molecule has 1 aliphatic heterocycles. The van der Waals surface area contributed by atoms with E-state index in [-0.39, 0.29) is 11.8 Å². The molecule has 0 aliphatic carbocycles. The molecule has 0 bridgehead atoms. The zero-order valence-electron chi connectivity index (χ0n) is 12.4. The van der Waals surface area contributed by atoms with Gasteiger partial charge in [-0.25, -0.2) is 4.79 Å². The van der Waals surface area contributed by atoms with Crippen molar-refractivity contribution >= 4 is 35.2 Å². The first kappa shape index (κ1) is 16.4. The van der Waals surface area contributed by atoms with Crippen molar-refractivity contribution in [3.63, 3.8) is 0 Å². The number of amides is 2. The molecular weight excluding hydrogens is 304 g/mol. The van der Waals surface area contributed by atoms with Crippen molar-refractivity contribution in [3.05, 3.63) is 23.8 Å². The lowest BCUT2D eigenvalue weighted by atomic mass is 10.0. The lowest BCUT2D eigenvalue weighted by Crippen LogP contribution is -2.41. The number of carboxylic acid groups (broad SMARTS) is 1. The Morgan fingerprint density at radius 2 is 2.14 bits per heavy atom. The molecule has 0 spiro atoms. The standard InChI is InChI=1S/C15H18N2O4S/c1-8(2)5-11(15(20)21)17-14(19)9-3-4-12-10(6-9)16-13(18)7-22-12/h3-4,6,8,11H,5,7H2,1-2H3,(H,16,18)(H,17,19)(H,20,21). The number of anilines is 1. The molecule has 0 saturated heterocycles. The quantitative estimate of drug-likeness (QED) is 0.770. The van der Waals surface area contributed by atoms with E-state index in [4.69, 9.17) is 5.11 Å². The summed E-state index contributed by atoms with van der Waals surface area (Å²) in [5.41, 5.74) is 0.918. The van der Waals surface area contributed by atoms with E-state index in [0.29, 0.717) is 23.4 Å². The Kier molecular flexibility index (Phi) is 5.07. The van der Waals surface area contributed by atoms with Crippen LogP contribution in [0.5, 0.6) is 0 Å². The number of nitrogens with one attached hydrogen (secondary N) is 2. The fraction of sp³-hybridized carbons (Fsp3) is 0.400. The SMILES string of the molecule is CC(C)CC(NC(=O)c1ccc2c(c1)NC(=O)CS2)C(=O)O. The largest absolute Gasteiger partial charge is 0.480 e. The summed E-state index contributed by atoms with van der Waals surface area (Å²) < 4.78 is 0. The molecule has 1 aromatic carbocycles. The molecule has 2 amide bonds. The van der Waals surface area contributed by atoms with Crippen molar-refractivity contribution in [3.8, 4) is 0 Å². The van der Waals surface area contributed by atoms with Crippen LogP contribution < -0.4 is 10.6 Å². The van der Waals surface area contributed by atoms with Gasteiger partial charge in [0.1, 0.15) is 6.04 Å². The number of carbonyl (C=O) groups is 3. The monoisotopic (exact) mass is 322 g/mol. The van der Waals surface area contributed by atoms with E-state index in [2.05, 4.69) is 10.6 Å². The lowest BCUT2D eigenvalue weighted by Gasteiger charge is -2.19. The number of carbonyl (C=O) groups excluding carboxylic acids is 2. The first-order valence-electron chi connectivity index (χ1n) is 6.97. The van der Waals surface area contributed by atoms with Gasteiger partial charge >= 0.3 is 5.97 Å². The van der Waals surface area contributed by atoms with Gasteiger partial charge in [0.15, 0.2) is 0 Å². The van der Waals surface area contributed by atoms with Gasteiger partial charge in [0.25, 0.3) is 5.91 Å². The second kappa shape index (κ2) is 6.83. The van der Waals surface area contributed by atoms with Crippen LogP contribution in [0, 0.1) is 5.92 Å². The number of hydrogen-bond acceptors (Lipinski definition) is 4. The number of thioether (sulfide) groups is 1. The molecule has 1 atom stereocenters. The number of carboxylic acids is 1. The molecule has 0 fully saturated rings. The summed E-state index contributed by atoms with van der Waals surface area (Å²) in [7, 11) is 0. The fourth-order valence-electron chi connectivity index (χ4n) is 2.16. The number of benzene rings is 1. The summed E-state index contributed by atoms with van der Waals surface area (Å²) in [6.45, 7) is 3.79. The van der Waals surface area contributed by atoms with Crippen molar-refractivity contribution in [2.75, 3.05) is 11.1 Å². The Hall–Kier alpha value is -2.02. The first-order chi connectivity index (χ1) is 10.4. The van der Waals surface area contributed by atoms with Crippen molar-refractivity contribution in [2.24, 2.45) is 5.92 Å². The van der Waals surface area contributed by atoms with Gasteiger partial charge < -0.3 is 15.7 Å². The van der Waals surface area contributed by atoms with Crippen LogP contribution >= 0.6 is 11.8 Å². The summed E-state index contributed by atoms with van der Waals surface area (Å²) in [5, 5.41) is 14.4. The van der Waals surface area contributed by atoms with Gasteiger partial charge in [0, 0.05) is 10.5 Å². The molecule has 1 aliphatic rings. The highest BCUT2D eigenvalue weighted by Gasteiger charge is 2.23. The molecule has 2 rings (SSSR count). The van der Waals surface area contributed by atoms with Crippen molar-refractivity contribution in [2.45, 2.75) is 31.2 Å². The Morgan fingerprint density at radius 3 is 2.77 bits per heavy atom. The molecule has 0 saturated carbocycles. The highest BCUT2D eigenvalue weighted by atomic mass is 32.2. The zero-order chi connectivity index (χ0) is 16.3. The summed E-state index contributed by atoms with van der Waals surface area (Å²) in [5.74, 6) is -1.11. The van der Waals surface area contributed by atoms with Crippen LogP contribution in [0.1, 0.15) is 30.6 Å². The summed E-state index contributed by atoms with van der Waals surface area (Å²) in [6, 6.07) is 4.04. The van der Waals surface area contributed by atoms with E-state index in [1.54, 1.807) is 18.2 Å². The van der Waals surface area contributed by atoms with Crippen LogP contribution in [-0.4, -0.2) is 34.7 Å². The maximum atomic E-state index is 12.2. The summed E-state index contributed by atoms with van der Waals surface area (Å²) in [4.78, 5) is 35.7. The van der Waals surface area contributed by atoms with Crippen LogP contribution in [-0.2, 0) is 9.59 Å². The van der Waals surface area contributed by atoms with Gasteiger partial charge in [-0.2, -0.15) is 0 Å². The van der Waals surface area contributed by atoms with E-state index < -0.39 is 17.9 Å². The fourth-order valence-corrected chi connectivity index (χ4v) is 2.95. The lowest BCUT2D eigenvalue weighted by molar-refractivity contribution is -0.139. The Balaban J connectivity index is 2.13. The van der Waals surface area contributed by atoms with E-state index in [9.17, 15) is 14.4 Å². The molecule has 0 aromatic heterocycles. The van der Waals surface area contributed by atoms with Crippen molar-refractivity contribution in [1.29, 1.82) is 0 Å². The minimum absolute atomic E-state index is 0.113. The molecule has 3 N–H and O–H groups in total. The smallest absolute Gasteiger partial charge is 0.326 e. The molecule has 6 nitrogen and oxygen atoms in total.